The smallest absolute Gasteiger partial charge is 0.306 e. The quantitative estimate of drug-likeness (QED) is 0.725. The van der Waals surface area contributed by atoms with Gasteiger partial charge in [-0.05, 0) is 55.9 Å². The van der Waals surface area contributed by atoms with Gasteiger partial charge in [-0.2, -0.15) is 11.8 Å². The van der Waals surface area contributed by atoms with Crippen LogP contribution < -0.4 is 0 Å². The maximum Gasteiger partial charge on any atom is 0.306 e. The van der Waals surface area contributed by atoms with Crippen molar-refractivity contribution in [2.24, 2.45) is 17.8 Å². The fraction of sp³-hybridized carbons (Fsp3) is 0.923. The van der Waals surface area contributed by atoms with Crippen molar-refractivity contribution in [2.75, 3.05) is 12.0 Å². The largest absolute Gasteiger partial charge is 0.481 e. The van der Waals surface area contributed by atoms with Gasteiger partial charge in [0.05, 0.1) is 5.92 Å². The molecule has 3 unspecified atom stereocenters. The molecule has 3 atom stereocenters. The molecule has 0 aliphatic heterocycles. The molecule has 2 nitrogen and oxygen atoms in total. The van der Waals surface area contributed by atoms with E-state index in [9.17, 15) is 9.90 Å². The number of thioether (sulfide) groups is 1. The summed E-state index contributed by atoms with van der Waals surface area (Å²) in [7, 11) is 0. The number of carboxylic acids is 1. The molecule has 0 saturated heterocycles. The zero-order chi connectivity index (χ0) is 12.0. The molecule has 0 radical (unpaired) electrons. The first-order chi connectivity index (χ1) is 7.69. The highest BCUT2D eigenvalue weighted by Gasteiger charge is 2.33. The summed E-state index contributed by atoms with van der Waals surface area (Å²) >= 11 is 1.86. The topological polar surface area (TPSA) is 37.3 Å². The van der Waals surface area contributed by atoms with Crippen LogP contribution in [0.2, 0.25) is 0 Å². The number of hydrogen-bond donors (Lipinski definition) is 1. The first-order valence-corrected chi connectivity index (χ1v) is 7.80. The van der Waals surface area contributed by atoms with Gasteiger partial charge >= 0.3 is 5.97 Å². The van der Waals surface area contributed by atoms with Gasteiger partial charge in [-0.3, -0.25) is 4.79 Å². The predicted molar refractivity (Wildman–Crippen MR) is 69.9 cm³/mol. The third kappa shape index (κ3) is 4.00. The molecule has 1 fully saturated rings. The second-order valence-electron chi connectivity index (χ2n) is 4.93. The van der Waals surface area contributed by atoms with Crippen LogP contribution in [-0.2, 0) is 4.79 Å². The Morgan fingerprint density at radius 3 is 2.75 bits per heavy atom. The van der Waals surface area contributed by atoms with Gasteiger partial charge in [-0.1, -0.05) is 13.3 Å². The van der Waals surface area contributed by atoms with Crippen LogP contribution in [0.5, 0.6) is 0 Å². The van der Waals surface area contributed by atoms with Crippen molar-refractivity contribution in [3.63, 3.8) is 0 Å². The summed E-state index contributed by atoms with van der Waals surface area (Å²) < 4.78 is 0. The lowest BCUT2D eigenvalue weighted by Gasteiger charge is -2.33. The van der Waals surface area contributed by atoms with E-state index in [1.807, 2.05) is 11.8 Å². The average molecular weight is 244 g/mol. The van der Waals surface area contributed by atoms with Crippen molar-refractivity contribution in [3.8, 4) is 0 Å². The Hall–Kier alpha value is -0.180. The van der Waals surface area contributed by atoms with Crippen LogP contribution in [0.15, 0.2) is 0 Å². The van der Waals surface area contributed by atoms with Gasteiger partial charge in [0, 0.05) is 0 Å². The molecule has 1 aliphatic rings. The first kappa shape index (κ1) is 13.9. The predicted octanol–water partition coefficient (Wildman–Crippen LogP) is 3.66. The summed E-state index contributed by atoms with van der Waals surface area (Å²) in [4.78, 5) is 11.2. The van der Waals surface area contributed by atoms with Gasteiger partial charge in [0.1, 0.15) is 0 Å². The second kappa shape index (κ2) is 7.21. The average Bonchev–Trinajstić information content (AvgIpc) is 2.29. The molecular formula is C13H24O2S. The maximum absolute atomic E-state index is 11.2. The van der Waals surface area contributed by atoms with E-state index in [1.54, 1.807) is 0 Å². The Bertz CT molecular complexity index is 218. The fourth-order valence-electron chi connectivity index (χ4n) is 2.87. The number of hydrogen-bond acceptors (Lipinski definition) is 2. The van der Waals surface area contributed by atoms with Crippen LogP contribution in [0.25, 0.3) is 0 Å². The van der Waals surface area contributed by atoms with Crippen LogP contribution in [0, 0.1) is 17.8 Å². The maximum atomic E-state index is 11.2. The van der Waals surface area contributed by atoms with E-state index in [-0.39, 0.29) is 5.92 Å². The molecule has 1 rings (SSSR count). The number of carboxylic acid groups (broad SMARTS) is 1. The van der Waals surface area contributed by atoms with Gasteiger partial charge in [-0.15, -0.1) is 0 Å². The van der Waals surface area contributed by atoms with Crippen molar-refractivity contribution in [1.82, 2.24) is 0 Å². The minimum Gasteiger partial charge on any atom is -0.481 e. The molecule has 0 aromatic rings. The molecule has 0 heterocycles. The van der Waals surface area contributed by atoms with E-state index >= 15 is 0 Å². The van der Waals surface area contributed by atoms with Crippen LogP contribution in [0.4, 0.5) is 0 Å². The van der Waals surface area contributed by atoms with E-state index in [2.05, 4.69) is 13.2 Å². The van der Waals surface area contributed by atoms with Gasteiger partial charge in [0.25, 0.3) is 0 Å². The SMILES string of the molecule is CCC1CCC(C(=O)O)C(CCCSC)C1. The van der Waals surface area contributed by atoms with Crippen molar-refractivity contribution in [1.29, 1.82) is 0 Å². The van der Waals surface area contributed by atoms with E-state index < -0.39 is 5.97 Å². The second-order valence-corrected chi connectivity index (χ2v) is 5.91. The highest BCUT2D eigenvalue weighted by molar-refractivity contribution is 7.98. The highest BCUT2D eigenvalue weighted by atomic mass is 32.2. The summed E-state index contributed by atoms with van der Waals surface area (Å²) in [5, 5.41) is 9.22. The van der Waals surface area contributed by atoms with E-state index in [1.165, 1.54) is 18.6 Å². The van der Waals surface area contributed by atoms with Crippen molar-refractivity contribution in [3.05, 3.63) is 0 Å². The highest BCUT2D eigenvalue weighted by Crippen LogP contribution is 2.38. The molecule has 3 heteroatoms. The van der Waals surface area contributed by atoms with Crippen LogP contribution in [0.1, 0.15) is 45.4 Å². The third-order valence-corrected chi connectivity index (χ3v) is 4.61. The lowest BCUT2D eigenvalue weighted by molar-refractivity contribution is -0.145. The fourth-order valence-corrected chi connectivity index (χ4v) is 3.32. The zero-order valence-electron chi connectivity index (χ0n) is 10.4. The molecule has 1 aliphatic carbocycles. The number of rotatable bonds is 6. The number of aliphatic carboxylic acids is 1. The minimum atomic E-state index is -0.566. The minimum absolute atomic E-state index is 0.0651. The Morgan fingerprint density at radius 2 is 2.19 bits per heavy atom. The molecule has 0 aromatic carbocycles. The lowest BCUT2D eigenvalue weighted by atomic mass is 9.71. The summed E-state index contributed by atoms with van der Waals surface area (Å²) in [6.45, 7) is 2.23. The third-order valence-electron chi connectivity index (χ3n) is 3.91. The summed E-state index contributed by atoms with van der Waals surface area (Å²) in [5.41, 5.74) is 0. The van der Waals surface area contributed by atoms with Crippen molar-refractivity contribution in [2.45, 2.75) is 45.4 Å². The monoisotopic (exact) mass is 244 g/mol. The van der Waals surface area contributed by atoms with Crippen LogP contribution in [0.3, 0.4) is 0 Å². The Morgan fingerprint density at radius 1 is 1.44 bits per heavy atom. The number of carbonyl (C=O) groups is 1. The summed E-state index contributed by atoms with van der Waals surface area (Å²) in [5.74, 6) is 1.74. The Labute approximate surface area is 103 Å². The molecule has 0 spiro atoms. The summed E-state index contributed by atoms with van der Waals surface area (Å²) in [6, 6.07) is 0. The van der Waals surface area contributed by atoms with E-state index in [4.69, 9.17) is 0 Å². The Balaban J connectivity index is 2.46. The molecule has 16 heavy (non-hydrogen) atoms. The van der Waals surface area contributed by atoms with Gasteiger partial charge in [0.2, 0.25) is 0 Å². The van der Waals surface area contributed by atoms with Gasteiger partial charge in [-0.25, -0.2) is 0 Å². The molecule has 0 amide bonds. The first-order valence-electron chi connectivity index (χ1n) is 6.40. The van der Waals surface area contributed by atoms with E-state index in [0.717, 1.165) is 31.6 Å². The standard InChI is InChI=1S/C13H24O2S/c1-3-10-6-7-12(13(14)15)11(9-10)5-4-8-16-2/h10-12H,3-9H2,1-2H3,(H,14,15). The Kier molecular flexibility index (Phi) is 6.25. The lowest BCUT2D eigenvalue weighted by Crippen LogP contribution is -2.30. The molecule has 0 aromatic heterocycles. The van der Waals surface area contributed by atoms with E-state index in [0.29, 0.717) is 5.92 Å². The van der Waals surface area contributed by atoms with Crippen LogP contribution in [-0.4, -0.2) is 23.1 Å². The van der Waals surface area contributed by atoms with Crippen LogP contribution >= 0.6 is 11.8 Å². The molecule has 1 saturated carbocycles. The normalized spacial score (nSPS) is 30.2. The molecule has 94 valence electrons. The molecular weight excluding hydrogens is 220 g/mol. The van der Waals surface area contributed by atoms with Crippen molar-refractivity contribution < 1.29 is 9.90 Å². The van der Waals surface area contributed by atoms with Gasteiger partial charge in [0.15, 0.2) is 0 Å². The molecule has 1 N–H and O–H groups in total. The van der Waals surface area contributed by atoms with Crippen molar-refractivity contribution >= 4 is 17.7 Å². The molecule has 0 bridgehead atoms. The van der Waals surface area contributed by atoms with Gasteiger partial charge < -0.3 is 5.11 Å². The zero-order valence-corrected chi connectivity index (χ0v) is 11.3. The summed E-state index contributed by atoms with van der Waals surface area (Å²) in [6.07, 6.45) is 8.77.